The normalized spacial score (nSPS) is 18.6. The van der Waals surface area contributed by atoms with E-state index < -0.39 is 0 Å². The fourth-order valence-corrected chi connectivity index (χ4v) is 2.87. The van der Waals surface area contributed by atoms with Crippen molar-refractivity contribution in [3.63, 3.8) is 0 Å². The van der Waals surface area contributed by atoms with Crippen LogP contribution in [0, 0.1) is 12.8 Å². The summed E-state index contributed by atoms with van der Waals surface area (Å²) in [6.07, 6.45) is 2.02. The number of nitrogens with one attached hydrogen (secondary N) is 1. The van der Waals surface area contributed by atoms with E-state index in [2.05, 4.69) is 42.9 Å². The van der Waals surface area contributed by atoms with E-state index in [4.69, 9.17) is 10.1 Å². The van der Waals surface area contributed by atoms with Crippen LogP contribution in [-0.4, -0.2) is 41.3 Å². The molecule has 0 spiro atoms. The first kappa shape index (κ1) is 16.0. The van der Waals surface area contributed by atoms with E-state index >= 15 is 0 Å². The third-order valence-electron chi connectivity index (χ3n) is 4.12. The standard InChI is InChI=1S/C16H28N4O/c1-5-17-15-12(4)16(19-14(18-15)11(2)3)20-8-6-13(10-20)7-9-21/h11,13,21H,5-10H2,1-4H3,(H,17,18,19). The van der Waals surface area contributed by atoms with Crippen LogP contribution in [0.5, 0.6) is 0 Å². The molecule has 118 valence electrons. The van der Waals surface area contributed by atoms with E-state index in [1.54, 1.807) is 0 Å². The highest BCUT2D eigenvalue weighted by Crippen LogP contribution is 2.30. The lowest BCUT2D eigenvalue weighted by atomic mass is 10.1. The second-order valence-corrected chi connectivity index (χ2v) is 6.18. The fourth-order valence-electron chi connectivity index (χ4n) is 2.87. The van der Waals surface area contributed by atoms with Crippen molar-refractivity contribution in [3.05, 3.63) is 11.4 Å². The summed E-state index contributed by atoms with van der Waals surface area (Å²) in [5, 5.41) is 12.5. The Hall–Kier alpha value is -1.36. The lowest BCUT2D eigenvalue weighted by Crippen LogP contribution is -2.24. The molecule has 1 saturated heterocycles. The monoisotopic (exact) mass is 292 g/mol. The molecule has 21 heavy (non-hydrogen) atoms. The predicted octanol–water partition coefficient (Wildman–Crippen LogP) is 2.55. The van der Waals surface area contributed by atoms with Crippen LogP contribution in [0.25, 0.3) is 0 Å². The number of hydrogen-bond acceptors (Lipinski definition) is 5. The average molecular weight is 292 g/mol. The summed E-state index contributed by atoms with van der Waals surface area (Å²) in [5.74, 6) is 3.81. The van der Waals surface area contributed by atoms with E-state index in [0.717, 1.165) is 55.5 Å². The highest BCUT2D eigenvalue weighted by Gasteiger charge is 2.26. The molecule has 1 aliphatic heterocycles. The molecule has 1 aromatic rings. The van der Waals surface area contributed by atoms with Gasteiger partial charge in [-0.25, -0.2) is 9.97 Å². The van der Waals surface area contributed by atoms with Gasteiger partial charge in [0.2, 0.25) is 0 Å². The number of hydrogen-bond donors (Lipinski definition) is 2. The van der Waals surface area contributed by atoms with Gasteiger partial charge in [-0.2, -0.15) is 0 Å². The van der Waals surface area contributed by atoms with Crippen molar-refractivity contribution in [2.75, 3.05) is 36.5 Å². The summed E-state index contributed by atoms with van der Waals surface area (Å²) in [5.41, 5.74) is 1.13. The average Bonchev–Trinajstić information content (AvgIpc) is 2.90. The van der Waals surface area contributed by atoms with Crippen LogP contribution < -0.4 is 10.2 Å². The number of aromatic nitrogens is 2. The fraction of sp³-hybridized carbons (Fsp3) is 0.750. The van der Waals surface area contributed by atoms with Crippen molar-refractivity contribution in [2.45, 2.75) is 46.5 Å². The van der Waals surface area contributed by atoms with Crippen LogP contribution in [0.3, 0.4) is 0 Å². The summed E-state index contributed by atoms with van der Waals surface area (Å²) >= 11 is 0. The topological polar surface area (TPSA) is 61.3 Å². The van der Waals surface area contributed by atoms with Gasteiger partial charge in [0.05, 0.1) is 0 Å². The van der Waals surface area contributed by atoms with Crippen molar-refractivity contribution < 1.29 is 5.11 Å². The second kappa shape index (κ2) is 7.07. The van der Waals surface area contributed by atoms with Crippen LogP contribution in [0.1, 0.15) is 50.9 Å². The predicted molar refractivity (Wildman–Crippen MR) is 87.0 cm³/mol. The summed E-state index contributed by atoms with van der Waals surface area (Å²) in [4.78, 5) is 11.8. The van der Waals surface area contributed by atoms with Crippen molar-refractivity contribution in [2.24, 2.45) is 5.92 Å². The molecule has 5 nitrogen and oxygen atoms in total. The molecule has 1 aromatic heterocycles. The molecule has 2 N–H and O–H groups in total. The van der Waals surface area contributed by atoms with Gasteiger partial charge in [-0.3, -0.25) is 0 Å². The third kappa shape index (κ3) is 3.64. The Kier molecular flexibility index (Phi) is 5.39. The largest absolute Gasteiger partial charge is 0.396 e. The maximum absolute atomic E-state index is 9.11. The van der Waals surface area contributed by atoms with Gasteiger partial charge in [-0.05, 0) is 32.6 Å². The maximum Gasteiger partial charge on any atom is 0.137 e. The molecule has 0 aliphatic carbocycles. The Morgan fingerprint density at radius 2 is 2.14 bits per heavy atom. The number of nitrogens with zero attached hydrogens (tertiary/aromatic N) is 3. The van der Waals surface area contributed by atoms with Gasteiger partial charge in [-0.15, -0.1) is 0 Å². The summed E-state index contributed by atoms with van der Waals surface area (Å²) in [6.45, 7) is 11.6. The van der Waals surface area contributed by atoms with Crippen LogP contribution >= 0.6 is 0 Å². The van der Waals surface area contributed by atoms with Crippen LogP contribution in [0.15, 0.2) is 0 Å². The molecule has 2 heterocycles. The molecule has 0 saturated carbocycles. The van der Waals surface area contributed by atoms with Crippen LogP contribution in [0.2, 0.25) is 0 Å². The molecule has 2 rings (SSSR count). The Bertz CT molecular complexity index is 476. The minimum Gasteiger partial charge on any atom is -0.396 e. The number of aliphatic hydroxyl groups excluding tert-OH is 1. The smallest absolute Gasteiger partial charge is 0.137 e. The molecular formula is C16H28N4O. The Labute approximate surface area is 127 Å². The minimum absolute atomic E-state index is 0.279. The summed E-state index contributed by atoms with van der Waals surface area (Å²) in [7, 11) is 0. The van der Waals surface area contributed by atoms with Crippen LogP contribution in [-0.2, 0) is 0 Å². The molecule has 0 radical (unpaired) electrons. The Morgan fingerprint density at radius 3 is 2.76 bits per heavy atom. The molecule has 0 amide bonds. The zero-order valence-corrected chi connectivity index (χ0v) is 13.7. The maximum atomic E-state index is 9.11. The minimum atomic E-state index is 0.279. The third-order valence-corrected chi connectivity index (χ3v) is 4.12. The van der Waals surface area contributed by atoms with E-state index in [9.17, 15) is 0 Å². The van der Waals surface area contributed by atoms with E-state index in [-0.39, 0.29) is 6.61 Å². The molecule has 1 aliphatic rings. The number of rotatable bonds is 6. The molecule has 1 atom stereocenters. The zero-order valence-electron chi connectivity index (χ0n) is 13.7. The Morgan fingerprint density at radius 1 is 1.38 bits per heavy atom. The van der Waals surface area contributed by atoms with Gasteiger partial charge >= 0.3 is 0 Å². The first-order valence-electron chi connectivity index (χ1n) is 8.05. The van der Waals surface area contributed by atoms with E-state index in [1.165, 1.54) is 0 Å². The zero-order chi connectivity index (χ0) is 15.4. The van der Waals surface area contributed by atoms with E-state index in [1.807, 2.05) is 0 Å². The lowest BCUT2D eigenvalue weighted by Gasteiger charge is -2.23. The molecule has 5 heteroatoms. The quantitative estimate of drug-likeness (QED) is 0.844. The molecule has 1 fully saturated rings. The van der Waals surface area contributed by atoms with Gasteiger partial charge in [0, 0.05) is 37.7 Å². The van der Waals surface area contributed by atoms with E-state index in [0.29, 0.717) is 11.8 Å². The first-order valence-corrected chi connectivity index (χ1v) is 8.05. The first-order chi connectivity index (χ1) is 10.1. The highest BCUT2D eigenvalue weighted by molar-refractivity contribution is 5.59. The highest BCUT2D eigenvalue weighted by atomic mass is 16.3. The molecule has 0 bridgehead atoms. The molecule has 1 unspecified atom stereocenters. The SMILES string of the molecule is CCNc1nc(C(C)C)nc(N2CCC(CCO)C2)c1C. The summed E-state index contributed by atoms with van der Waals surface area (Å²) < 4.78 is 0. The van der Waals surface area contributed by atoms with Gasteiger partial charge in [0.15, 0.2) is 0 Å². The number of aliphatic hydroxyl groups is 1. The van der Waals surface area contributed by atoms with Crippen molar-refractivity contribution in [3.8, 4) is 0 Å². The van der Waals surface area contributed by atoms with Crippen molar-refractivity contribution in [1.82, 2.24) is 9.97 Å². The van der Waals surface area contributed by atoms with Gasteiger partial charge in [-0.1, -0.05) is 13.8 Å². The van der Waals surface area contributed by atoms with Gasteiger partial charge in [0.1, 0.15) is 17.5 Å². The van der Waals surface area contributed by atoms with Crippen LogP contribution in [0.4, 0.5) is 11.6 Å². The number of anilines is 2. The summed E-state index contributed by atoms with van der Waals surface area (Å²) in [6, 6.07) is 0. The second-order valence-electron chi connectivity index (χ2n) is 6.18. The van der Waals surface area contributed by atoms with Crippen molar-refractivity contribution in [1.29, 1.82) is 0 Å². The lowest BCUT2D eigenvalue weighted by molar-refractivity contribution is 0.263. The van der Waals surface area contributed by atoms with Gasteiger partial charge in [0.25, 0.3) is 0 Å². The molecular weight excluding hydrogens is 264 g/mol. The van der Waals surface area contributed by atoms with Crippen molar-refractivity contribution >= 4 is 11.6 Å². The Balaban J connectivity index is 2.29. The van der Waals surface area contributed by atoms with Gasteiger partial charge < -0.3 is 15.3 Å². The molecule has 0 aromatic carbocycles.